The second-order valence-corrected chi connectivity index (χ2v) is 6.39. The Balaban J connectivity index is 1.83. The lowest BCUT2D eigenvalue weighted by atomic mass is 10.1. The number of para-hydroxylation sites is 1. The second kappa shape index (κ2) is 9.44. The number of methoxy groups -OCH3 is 2. The molecule has 0 fully saturated rings. The largest absolute Gasteiger partial charge is 0.496 e. The Bertz CT molecular complexity index is 720. The molecule has 0 bridgehead atoms. The topological polar surface area (TPSA) is 67.8 Å². The minimum atomic E-state index is -0.810. The summed E-state index contributed by atoms with van der Waals surface area (Å²) in [6.45, 7) is 0.144. The fourth-order valence-corrected chi connectivity index (χ4v) is 3.06. The molecular formula is C19H22BrNO4. The second-order valence-electron chi connectivity index (χ2n) is 5.53. The highest BCUT2D eigenvalue weighted by Gasteiger charge is 2.14. The summed E-state index contributed by atoms with van der Waals surface area (Å²) in [6.07, 6.45) is 0.145. The zero-order valence-corrected chi connectivity index (χ0v) is 15.9. The van der Waals surface area contributed by atoms with Crippen molar-refractivity contribution in [1.29, 1.82) is 0 Å². The van der Waals surface area contributed by atoms with Crippen LogP contribution >= 0.6 is 15.9 Å². The minimum absolute atomic E-state index is 0.110. The molecule has 0 saturated heterocycles. The number of aliphatic hydroxyl groups is 1. The molecule has 2 aromatic carbocycles. The van der Waals surface area contributed by atoms with Crippen LogP contribution < -0.4 is 14.8 Å². The molecule has 25 heavy (non-hydrogen) atoms. The van der Waals surface area contributed by atoms with Gasteiger partial charge in [-0.05, 0) is 46.1 Å². The van der Waals surface area contributed by atoms with Crippen LogP contribution in [0.5, 0.6) is 11.5 Å². The molecule has 2 N–H and O–H groups in total. The summed E-state index contributed by atoms with van der Waals surface area (Å²) >= 11 is 3.43. The van der Waals surface area contributed by atoms with Crippen molar-refractivity contribution in [2.24, 2.45) is 0 Å². The lowest BCUT2D eigenvalue weighted by Crippen LogP contribution is -2.28. The van der Waals surface area contributed by atoms with Crippen LogP contribution in [-0.4, -0.2) is 31.8 Å². The summed E-state index contributed by atoms with van der Waals surface area (Å²) in [5, 5.41) is 13.0. The van der Waals surface area contributed by atoms with Crippen LogP contribution in [-0.2, 0) is 11.2 Å². The fraction of sp³-hybridized carbons (Fsp3) is 0.316. The van der Waals surface area contributed by atoms with Gasteiger partial charge in [0, 0.05) is 18.5 Å². The molecule has 5 nitrogen and oxygen atoms in total. The highest BCUT2D eigenvalue weighted by Crippen LogP contribution is 2.26. The summed E-state index contributed by atoms with van der Waals surface area (Å²) in [7, 11) is 3.16. The van der Waals surface area contributed by atoms with Crippen molar-refractivity contribution < 1.29 is 19.4 Å². The standard InChI is InChI=1S/C19H22BrNO4/c1-24-17-6-4-3-5-14(17)16(22)12-21-19(23)10-8-13-7-9-18(25-2)15(20)11-13/h3-7,9,11,16,22H,8,10,12H2,1-2H3,(H,21,23)/t16-/m1/s1. The average molecular weight is 408 g/mol. The quantitative estimate of drug-likeness (QED) is 0.704. The first-order valence-electron chi connectivity index (χ1n) is 7.95. The Hall–Kier alpha value is -2.05. The molecule has 0 radical (unpaired) electrons. The van der Waals surface area contributed by atoms with Gasteiger partial charge < -0.3 is 19.9 Å². The third-order valence-corrected chi connectivity index (χ3v) is 4.47. The molecule has 1 atom stereocenters. The Morgan fingerprint density at radius 3 is 2.56 bits per heavy atom. The average Bonchev–Trinajstić information content (AvgIpc) is 2.64. The minimum Gasteiger partial charge on any atom is -0.496 e. The van der Waals surface area contributed by atoms with Crippen LogP contribution in [0.4, 0.5) is 0 Å². The van der Waals surface area contributed by atoms with Crippen molar-refractivity contribution in [3.8, 4) is 11.5 Å². The first-order valence-corrected chi connectivity index (χ1v) is 8.74. The number of aliphatic hydroxyl groups excluding tert-OH is 1. The van der Waals surface area contributed by atoms with Gasteiger partial charge in [0.15, 0.2) is 0 Å². The van der Waals surface area contributed by atoms with Gasteiger partial charge in [0.05, 0.1) is 24.8 Å². The van der Waals surface area contributed by atoms with E-state index in [4.69, 9.17) is 9.47 Å². The van der Waals surface area contributed by atoms with Gasteiger partial charge in [-0.25, -0.2) is 0 Å². The van der Waals surface area contributed by atoms with Crippen molar-refractivity contribution in [1.82, 2.24) is 5.32 Å². The Labute approximate surface area is 156 Å². The van der Waals surface area contributed by atoms with E-state index in [9.17, 15) is 9.90 Å². The molecule has 2 aromatic rings. The van der Waals surface area contributed by atoms with Crippen LogP contribution in [0.25, 0.3) is 0 Å². The molecule has 134 valence electrons. The maximum Gasteiger partial charge on any atom is 0.220 e. The van der Waals surface area contributed by atoms with E-state index < -0.39 is 6.10 Å². The summed E-state index contributed by atoms with van der Waals surface area (Å²) in [5.41, 5.74) is 1.69. The monoisotopic (exact) mass is 407 g/mol. The molecule has 6 heteroatoms. The number of nitrogens with one attached hydrogen (secondary N) is 1. The van der Waals surface area contributed by atoms with E-state index in [1.165, 1.54) is 0 Å². The molecule has 0 aromatic heterocycles. The highest BCUT2D eigenvalue weighted by molar-refractivity contribution is 9.10. The molecule has 0 aliphatic rings. The van der Waals surface area contributed by atoms with E-state index in [-0.39, 0.29) is 12.5 Å². The maximum absolute atomic E-state index is 12.0. The van der Waals surface area contributed by atoms with Gasteiger partial charge in [-0.3, -0.25) is 4.79 Å². The lowest BCUT2D eigenvalue weighted by molar-refractivity contribution is -0.121. The molecular weight excluding hydrogens is 386 g/mol. The van der Waals surface area contributed by atoms with Crippen LogP contribution in [0.1, 0.15) is 23.7 Å². The van der Waals surface area contributed by atoms with Gasteiger partial charge in [-0.2, -0.15) is 0 Å². The van der Waals surface area contributed by atoms with Crippen molar-refractivity contribution in [3.63, 3.8) is 0 Å². The fourth-order valence-electron chi connectivity index (χ4n) is 2.47. The third-order valence-electron chi connectivity index (χ3n) is 3.85. The third kappa shape index (κ3) is 5.47. The summed E-state index contributed by atoms with van der Waals surface area (Å²) in [5.74, 6) is 1.25. The van der Waals surface area contributed by atoms with E-state index >= 15 is 0 Å². The number of halogens is 1. The van der Waals surface area contributed by atoms with Crippen LogP contribution in [0.2, 0.25) is 0 Å². The van der Waals surface area contributed by atoms with Gasteiger partial charge in [0.2, 0.25) is 5.91 Å². The molecule has 0 aliphatic carbocycles. The number of hydrogen-bond acceptors (Lipinski definition) is 4. The normalized spacial score (nSPS) is 11.7. The predicted octanol–water partition coefficient (Wildman–Crippen LogP) is 3.25. The Morgan fingerprint density at radius 1 is 1.16 bits per heavy atom. The maximum atomic E-state index is 12.0. The first kappa shape index (κ1) is 19.3. The van der Waals surface area contributed by atoms with E-state index in [0.29, 0.717) is 24.2 Å². The molecule has 0 heterocycles. The van der Waals surface area contributed by atoms with Crippen molar-refractivity contribution in [2.45, 2.75) is 18.9 Å². The summed E-state index contributed by atoms with van der Waals surface area (Å²) in [6, 6.07) is 13.0. The predicted molar refractivity (Wildman–Crippen MR) is 100.0 cm³/mol. The summed E-state index contributed by atoms with van der Waals surface area (Å²) in [4.78, 5) is 12.0. The first-order chi connectivity index (χ1) is 12.0. The lowest BCUT2D eigenvalue weighted by Gasteiger charge is -2.15. The van der Waals surface area contributed by atoms with Gasteiger partial charge in [0.25, 0.3) is 0 Å². The molecule has 0 spiro atoms. The van der Waals surface area contributed by atoms with Crippen molar-refractivity contribution in [2.75, 3.05) is 20.8 Å². The van der Waals surface area contributed by atoms with E-state index in [0.717, 1.165) is 15.8 Å². The van der Waals surface area contributed by atoms with E-state index in [2.05, 4.69) is 21.2 Å². The Morgan fingerprint density at radius 2 is 1.88 bits per heavy atom. The number of ether oxygens (including phenoxy) is 2. The van der Waals surface area contributed by atoms with E-state index in [1.54, 1.807) is 26.4 Å². The number of hydrogen-bond donors (Lipinski definition) is 2. The number of rotatable bonds is 8. The molecule has 0 saturated carbocycles. The van der Waals surface area contributed by atoms with Gasteiger partial charge in [-0.1, -0.05) is 24.3 Å². The smallest absolute Gasteiger partial charge is 0.220 e. The number of aryl methyl sites for hydroxylation is 1. The number of amides is 1. The van der Waals surface area contributed by atoms with Gasteiger partial charge in [0.1, 0.15) is 11.5 Å². The van der Waals surface area contributed by atoms with Gasteiger partial charge in [-0.15, -0.1) is 0 Å². The van der Waals surface area contributed by atoms with Crippen molar-refractivity contribution >= 4 is 21.8 Å². The SMILES string of the molecule is COc1ccc(CCC(=O)NC[C@@H](O)c2ccccc2OC)cc1Br. The summed E-state index contributed by atoms with van der Waals surface area (Å²) < 4.78 is 11.3. The number of carbonyl (C=O) groups is 1. The molecule has 0 aliphatic heterocycles. The zero-order chi connectivity index (χ0) is 18.2. The zero-order valence-electron chi connectivity index (χ0n) is 14.3. The number of carbonyl (C=O) groups excluding carboxylic acids is 1. The van der Waals surface area contributed by atoms with Crippen LogP contribution in [0, 0.1) is 0 Å². The van der Waals surface area contributed by atoms with Crippen LogP contribution in [0.15, 0.2) is 46.9 Å². The number of benzene rings is 2. The van der Waals surface area contributed by atoms with Crippen LogP contribution in [0.3, 0.4) is 0 Å². The highest BCUT2D eigenvalue weighted by atomic mass is 79.9. The Kier molecular flexibility index (Phi) is 7.28. The molecule has 2 rings (SSSR count). The van der Waals surface area contributed by atoms with Crippen molar-refractivity contribution in [3.05, 3.63) is 58.1 Å². The van der Waals surface area contributed by atoms with Gasteiger partial charge >= 0.3 is 0 Å². The molecule has 0 unspecified atom stereocenters. The molecule has 1 amide bonds. The van der Waals surface area contributed by atoms with E-state index in [1.807, 2.05) is 30.3 Å².